The van der Waals surface area contributed by atoms with Crippen molar-refractivity contribution in [2.75, 3.05) is 19.3 Å². The molecule has 5 heterocycles. The molecule has 7 rings (SSSR count). The van der Waals surface area contributed by atoms with Crippen LogP contribution in [0.5, 0.6) is 5.88 Å². The van der Waals surface area contributed by atoms with Gasteiger partial charge in [0.05, 0.1) is 23.7 Å². The Balaban J connectivity index is 1.33. The molecule has 0 amide bonds. The summed E-state index contributed by atoms with van der Waals surface area (Å²) in [5.74, 6) is 1.86. The van der Waals surface area contributed by atoms with Crippen LogP contribution in [0, 0.1) is 11.3 Å². The first-order chi connectivity index (χ1) is 19.5. The summed E-state index contributed by atoms with van der Waals surface area (Å²) in [6.45, 7) is 3.15. The Hall–Kier alpha value is -3.82. The van der Waals surface area contributed by atoms with Gasteiger partial charge in [0, 0.05) is 28.0 Å². The lowest BCUT2D eigenvalue weighted by molar-refractivity contribution is 0.117. The molecule has 0 radical (unpaired) electrons. The number of thiophene rings is 1. The third-order valence-electron chi connectivity index (χ3n) is 8.82. The van der Waals surface area contributed by atoms with Crippen LogP contribution < -0.4 is 10.5 Å². The molecule has 1 spiro atoms. The predicted molar refractivity (Wildman–Crippen MR) is 148 cm³/mol. The number of likely N-dealkylation sites (tertiary alicyclic amines) is 1. The van der Waals surface area contributed by atoms with Crippen LogP contribution in [-0.4, -0.2) is 60.8 Å². The molecule has 0 aromatic carbocycles. The van der Waals surface area contributed by atoms with E-state index in [0.29, 0.717) is 39.9 Å². The van der Waals surface area contributed by atoms with Crippen LogP contribution in [-0.2, 0) is 18.3 Å². The number of aryl methyl sites for hydroxylation is 1. The maximum Gasteiger partial charge on any atom is 0.219 e. The summed E-state index contributed by atoms with van der Waals surface area (Å²) in [5.41, 5.74) is 9.46. The quantitative estimate of drug-likeness (QED) is 0.381. The molecular weight excluding hydrogens is 526 g/mol. The van der Waals surface area contributed by atoms with E-state index in [4.69, 9.17) is 25.0 Å². The molecule has 11 nitrogen and oxygen atoms in total. The largest absolute Gasteiger partial charge is 0.473 e. The van der Waals surface area contributed by atoms with Crippen LogP contribution >= 0.6 is 11.3 Å². The van der Waals surface area contributed by atoms with E-state index in [9.17, 15) is 5.26 Å². The molecule has 3 aliphatic rings. The highest BCUT2D eigenvalue weighted by Gasteiger charge is 2.48. The topological polar surface area (TPSA) is 145 Å². The van der Waals surface area contributed by atoms with Gasteiger partial charge in [-0.2, -0.15) is 20.4 Å². The fourth-order valence-corrected chi connectivity index (χ4v) is 8.20. The van der Waals surface area contributed by atoms with Crippen molar-refractivity contribution < 1.29 is 9.26 Å². The van der Waals surface area contributed by atoms with Gasteiger partial charge in [-0.15, -0.1) is 16.1 Å². The lowest BCUT2D eigenvalue weighted by atomic mass is 9.62. The zero-order valence-electron chi connectivity index (χ0n) is 22.6. The SMILES string of the molecule is C[C@H](Oc1cc(-n2nccn2)nc(-c2onc3c2CCC[C@@]32CCCc3sc(N)c(C#N)c32)n1)[C@@H]1CCCN1C. The van der Waals surface area contributed by atoms with Gasteiger partial charge in [0.15, 0.2) is 5.82 Å². The number of nitrogens with zero attached hydrogens (tertiary/aromatic N) is 8. The number of nitrogens with two attached hydrogens (primary N) is 1. The van der Waals surface area contributed by atoms with Crippen molar-refractivity contribution in [2.45, 2.75) is 75.9 Å². The van der Waals surface area contributed by atoms with Gasteiger partial charge in [0.25, 0.3) is 0 Å². The minimum atomic E-state index is -0.385. The maximum atomic E-state index is 10.0. The van der Waals surface area contributed by atoms with Gasteiger partial charge in [-0.1, -0.05) is 5.16 Å². The number of nitriles is 1. The Morgan fingerprint density at radius 2 is 2.00 bits per heavy atom. The van der Waals surface area contributed by atoms with Gasteiger partial charge in [0.1, 0.15) is 17.2 Å². The van der Waals surface area contributed by atoms with Crippen LogP contribution in [0.3, 0.4) is 0 Å². The van der Waals surface area contributed by atoms with Crippen molar-refractivity contribution >= 4 is 16.3 Å². The number of anilines is 1. The average Bonchev–Trinajstić information content (AvgIpc) is 3.75. The van der Waals surface area contributed by atoms with Crippen LogP contribution in [0.1, 0.15) is 72.7 Å². The molecular formula is C28H31N9O2S. The molecule has 2 aliphatic carbocycles. The second-order valence-corrected chi connectivity index (χ2v) is 12.2. The molecule has 206 valence electrons. The zero-order chi connectivity index (χ0) is 27.4. The number of ether oxygens (including phenoxy) is 1. The first kappa shape index (κ1) is 25.2. The number of hydrogen-bond acceptors (Lipinski definition) is 11. The van der Waals surface area contributed by atoms with Crippen molar-refractivity contribution in [1.29, 1.82) is 5.26 Å². The van der Waals surface area contributed by atoms with E-state index < -0.39 is 0 Å². The zero-order valence-corrected chi connectivity index (χ0v) is 23.4. The third-order valence-corrected chi connectivity index (χ3v) is 9.90. The fraction of sp³-hybridized carbons (Fsp3) is 0.500. The van der Waals surface area contributed by atoms with E-state index in [0.717, 1.165) is 74.7 Å². The Morgan fingerprint density at radius 3 is 2.75 bits per heavy atom. The second kappa shape index (κ2) is 9.67. The van der Waals surface area contributed by atoms with Gasteiger partial charge in [-0.3, -0.25) is 4.90 Å². The summed E-state index contributed by atoms with van der Waals surface area (Å²) < 4.78 is 12.5. The normalized spacial score (nSPS) is 23.1. The molecule has 1 fully saturated rings. The Labute approximate surface area is 236 Å². The van der Waals surface area contributed by atoms with Crippen LogP contribution in [0.2, 0.25) is 0 Å². The van der Waals surface area contributed by atoms with E-state index in [1.165, 1.54) is 9.67 Å². The highest BCUT2D eigenvalue weighted by atomic mass is 32.1. The van der Waals surface area contributed by atoms with E-state index >= 15 is 0 Å². The van der Waals surface area contributed by atoms with E-state index in [1.54, 1.807) is 29.8 Å². The molecule has 3 atom stereocenters. The molecule has 40 heavy (non-hydrogen) atoms. The van der Waals surface area contributed by atoms with Gasteiger partial charge in [0.2, 0.25) is 17.5 Å². The van der Waals surface area contributed by atoms with Crippen molar-refractivity contribution in [3.05, 3.63) is 45.7 Å². The van der Waals surface area contributed by atoms with E-state index in [-0.39, 0.29) is 11.5 Å². The summed E-state index contributed by atoms with van der Waals surface area (Å²) in [4.78, 5) is 14.6. The first-order valence-corrected chi connectivity index (χ1v) is 14.7. The molecule has 0 saturated carbocycles. The second-order valence-electron chi connectivity index (χ2n) is 11.1. The molecule has 0 unspecified atom stereocenters. The van der Waals surface area contributed by atoms with Crippen molar-refractivity contribution in [1.82, 2.24) is 35.0 Å². The molecule has 1 saturated heterocycles. The number of aromatic nitrogens is 6. The van der Waals surface area contributed by atoms with Crippen LogP contribution in [0.25, 0.3) is 17.4 Å². The number of likely N-dealkylation sites (N-methyl/N-ethyl adjacent to an activating group) is 1. The van der Waals surface area contributed by atoms with Crippen LogP contribution in [0.4, 0.5) is 5.00 Å². The van der Waals surface area contributed by atoms with Gasteiger partial charge in [-0.05, 0) is 77.4 Å². The van der Waals surface area contributed by atoms with E-state index in [2.05, 4.69) is 40.3 Å². The monoisotopic (exact) mass is 557 g/mol. The maximum absolute atomic E-state index is 10.0. The average molecular weight is 558 g/mol. The minimum Gasteiger partial charge on any atom is -0.473 e. The summed E-state index contributed by atoms with van der Waals surface area (Å²) >= 11 is 1.54. The number of fused-ring (bicyclic) bond motifs is 4. The summed E-state index contributed by atoms with van der Waals surface area (Å²) in [6, 6.07) is 4.46. The third kappa shape index (κ3) is 3.90. The highest BCUT2D eigenvalue weighted by molar-refractivity contribution is 7.16. The predicted octanol–water partition coefficient (Wildman–Crippen LogP) is 4.05. The van der Waals surface area contributed by atoms with Gasteiger partial charge >= 0.3 is 0 Å². The Kier molecular flexibility index (Phi) is 6.09. The summed E-state index contributed by atoms with van der Waals surface area (Å²) in [5, 5.41) is 23.8. The molecule has 1 aliphatic heterocycles. The summed E-state index contributed by atoms with van der Waals surface area (Å²) in [7, 11) is 2.13. The molecule has 2 N–H and O–H groups in total. The Bertz CT molecular complexity index is 1600. The summed E-state index contributed by atoms with van der Waals surface area (Å²) in [6.07, 6.45) is 10.9. The van der Waals surface area contributed by atoms with Crippen molar-refractivity contribution in [2.24, 2.45) is 0 Å². The molecule has 12 heteroatoms. The number of nitrogen functional groups attached to an aromatic ring is 1. The van der Waals surface area contributed by atoms with Crippen LogP contribution in [0.15, 0.2) is 23.0 Å². The highest BCUT2D eigenvalue weighted by Crippen LogP contribution is 2.54. The molecule has 0 bridgehead atoms. The lowest BCUT2D eigenvalue weighted by Crippen LogP contribution is -2.38. The fourth-order valence-electron chi connectivity index (χ4n) is 7.04. The molecule has 4 aromatic rings. The number of hydrogen-bond donors (Lipinski definition) is 1. The van der Waals surface area contributed by atoms with Gasteiger partial charge < -0.3 is 15.0 Å². The standard InChI is InChI=1S/C28H31N9O2S/c1-16(19-7-5-13-36(19)2)38-22-14-21(37-31-11-12-32-37)33-27(34-22)24-17-6-3-9-28(25(17)35-39-24)10-4-8-20-23(28)18(15-29)26(30)40-20/h11-12,14,16,19H,3-10,13,30H2,1-2H3/t16-,19-,28-/m0/s1. The minimum absolute atomic E-state index is 0.0605. The number of rotatable bonds is 5. The Morgan fingerprint density at radius 1 is 1.20 bits per heavy atom. The van der Waals surface area contributed by atoms with Crippen molar-refractivity contribution in [3.8, 4) is 29.4 Å². The van der Waals surface area contributed by atoms with Crippen molar-refractivity contribution in [3.63, 3.8) is 0 Å². The lowest BCUT2D eigenvalue weighted by Gasteiger charge is -2.39. The smallest absolute Gasteiger partial charge is 0.219 e. The van der Waals surface area contributed by atoms with E-state index in [1.807, 2.05) is 0 Å². The molecule has 4 aromatic heterocycles. The van der Waals surface area contributed by atoms with Gasteiger partial charge in [-0.25, -0.2) is 4.98 Å². The first-order valence-electron chi connectivity index (χ1n) is 13.9.